The zero-order chi connectivity index (χ0) is 19.8. The number of allylic oxidation sites excluding steroid dienone is 3. The molecule has 2 rings (SSSR count). The highest BCUT2D eigenvalue weighted by atomic mass is 79.9. The molecule has 148 valence electrons. The molecule has 1 heterocycles. The van der Waals surface area contributed by atoms with Gasteiger partial charge < -0.3 is 10.2 Å². The Kier molecular flexibility index (Phi) is 9.85. The van der Waals surface area contributed by atoms with E-state index in [1.807, 2.05) is 12.2 Å². The third kappa shape index (κ3) is 7.19. The second kappa shape index (κ2) is 11.6. The van der Waals surface area contributed by atoms with Gasteiger partial charge in [0, 0.05) is 14.2 Å². The van der Waals surface area contributed by atoms with Crippen molar-refractivity contribution in [1.29, 1.82) is 0 Å². The predicted octanol–water partition coefficient (Wildman–Crippen LogP) is 5.76. The molecule has 1 fully saturated rings. The van der Waals surface area contributed by atoms with Crippen molar-refractivity contribution in [3.8, 4) is 0 Å². The maximum Gasteiger partial charge on any atom is 0.0724 e. The van der Waals surface area contributed by atoms with Crippen molar-refractivity contribution in [1.82, 2.24) is 0 Å². The Balaban J connectivity index is 1.86. The third-order valence-electron chi connectivity index (χ3n) is 5.45. The molecule has 2 N–H and O–H groups in total. The lowest BCUT2D eigenvalue weighted by molar-refractivity contribution is 0.125. The highest BCUT2D eigenvalue weighted by Gasteiger charge is 2.37. The molecule has 5 heteroatoms. The van der Waals surface area contributed by atoms with Crippen LogP contribution in [-0.2, 0) is 6.42 Å². The summed E-state index contributed by atoms with van der Waals surface area (Å²) in [5.74, 6) is 0.245. The zero-order valence-electron chi connectivity index (χ0n) is 16.5. The Hall–Kier alpha value is -0.355. The molecule has 5 atom stereocenters. The van der Waals surface area contributed by atoms with Crippen molar-refractivity contribution >= 4 is 35.1 Å². The third-order valence-corrected chi connectivity index (χ3v) is 7.64. The van der Waals surface area contributed by atoms with Crippen LogP contribution in [-0.4, -0.2) is 30.3 Å². The lowest BCUT2D eigenvalue weighted by Gasteiger charge is -2.20. The van der Waals surface area contributed by atoms with Gasteiger partial charge in [-0.1, -0.05) is 49.9 Å². The molecule has 1 aliphatic carbocycles. The quantitative estimate of drug-likeness (QED) is 0.270. The van der Waals surface area contributed by atoms with Gasteiger partial charge in [0.2, 0.25) is 0 Å². The minimum absolute atomic E-state index is 0.0339. The fourth-order valence-electron chi connectivity index (χ4n) is 3.76. The molecule has 1 aliphatic rings. The maximum absolute atomic E-state index is 10.4. The van der Waals surface area contributed by atoms with Crippen LogP contribution in [0.4, 0.5) is 0 Å². The van der Waals surface area contributed by atoms with Crippen LogP contribution in [0, 0.1) is 18.8 Å². The van der Waals surface area contributed by atoms with Crippen LogP contribution in [0.15, 0.2) is 34.8 Å². The number of halogens is 1. The van der Waals surface area contributed by atoms with Crippen LogP contribution in [0.1, 0.15) is 55.2 Å². The molecule has 0 bridgehead atoms. The molecule has 2 nitrogen and oxygen atoms in total. The molecule has 1 aromatic rings. The number of aliphatic hydroxyl groups excluding tert-OH is 2. The lowest BCUT2D eigenvalue weighted by atomic mass is 9.75. The smallest absolute Gasteiger partial charge is 0.0724 e. The van der Waals surface area contributed by atoms with Gasteiger partial charge in [-0.25, -0.2) is 0 Å². The van der Waals surface area contributed by atoms with Crippen LogP contribution in [0.5, 0.6) is 0 Å². The molecule has 0 aromatic carbocycles. The fraction of sp³-hybridized carbons (Fsp3) is 0.636. The Bertz CT molecular complexity index is 608. The van der Waals surface area contributed by atoms with Gasteiger partial charge in [0.25, 0.3) is 0 Å². The van der Waals surface area contributed by atoms with Gasteiger partial charge in [-0.2, -0.15) is 0 Å². The first kappa shape index (κ1) is 22.9. The first-order chi connectivity index (χ1) is 12.9. The number of rotatable bonds is 10. The van der Waals surface area contributed by atoms with Crippen LogP contribution in [0.25, 0.3) is 0 Å². The summed E-state index contributed by atoms with van der Waals surface area (Å²) in [5, 5.41) is 20.7. The zero-order valence-corrected chi connectivity index (χ0v) is 18.9. The number of aliphatic hydroxyl groups is 2. The van der Waals surface area contributed by atoms with Gasteiger partial charge >= 0.3 is 0 Å². The first-order valence-corrected chi connectivity index (χ1v) is 11.7. The SMILES string of the molecule is [B]C1CC(O)[C@H](CC=CCCCC)[C@H]1/C=C/C(O)CCc1cc(Br)c(C)s1. The van der Waals surface area contributed by atoms with E-state index < -0.39 is 6.10 Å². The second-order valence-corrected chi connectivity index (χ2v) is 9.86. The standard InChI is InChI=1S/C22H32BBrO2S/c1-3-4-5-6-7-8-19-18(20(23)14-22(19)26)12-10-16(25)9-11-17-13-21(24)15(2)27-17/h6-7,10,12-13,16,18-20,22,25-26H,3-5,8-9,11,14H2,1-2H3/b7-6?,12-10+/t16?,18-,19-,20?,22?/m1/s1. The molecular formula is C22H32BBrO2S. The van der Waals surface area contributed by atoms with E-state index in [0.29, 0.717) is 12.8 Å². The van der Waals surface area contributed by atoms with Crippen LogP contribution < -0.4 is 0 Å². The first-order valence-electron chi connectivity index (χ1n) is 10.1. The molecule has 0 aliphatic heterocycles. The van der Waals surface area contributed by atoms with E-state index >= 15 is 0 Å². The van der Waals surface area contributed by atoms with Crippen molar-refractivity contribution in [2.24, 2.45) is 11.8 Å². The summed E-state index contributed by atoms with van der Waals surface area (Å²) in [6.45, 7) is 4.29. The highest BCUT2D eigenvalue weighted by molar-refractivity contribution is 9.10. The predicted molar refractivity (Wildman–Crippen MR) is 121 cm³/mol. The number of hydrogen-bond acceptors (Lipinski definition) is 3. The average molecular weight is 451 g/mol. The normalized spacial score (nSPS) is 27.1. The van der Waals surface area contributed by atoms with Crippen LogP contribution in [0.2, 0.25) is 5.82 Å². The average Bonchev–Trinajstić information content (AvgIpc) is 3.09. The van der Waals surface area contributed by atoms with Crippen molar-refractivity contribution in [2.75, 3.05) is 0 Å². The monoisotopic (exact) mass is 450 g/mol. The van der Waals surface area contributed by atoms with Crippen molar-refractivity contribution < 1.29 is 10.2 Å². The Morgan fingerprint density at radius 1 is 1.41 bits per heavy atom. The Morgan fingerprint density at radius 2 is 2.19 bits per heavy atom. The summed E-state index contributed by atoms with van der Waals surface area (Å²) in [6.07, 6.45) is 14.1. The maximum atomic E-state index is 10.4. The van der Waals surface area contributed by atoms with Gasteiger partial charge in [0.15, 0.2) is 0 Å². The van der Waals surface area contributed by atoms with Crippen molar-refractivity contribution in [2.45, 2.75) is 76.8 Å². The highest BCUT2D eigenvalue weighted by Crippen LogP contribution is 2.42. The van der Waals surface area contributed by atoms with E-state index in [4.69, 9.17) is 7.85 Å². The number of aryl methyl sites for hydroxylation is 2. The van der Waals surface area contributed by atoms with Crippen molar-refractivity contribution in [3.63, 3.8) is 0 Å². The number of unbranched alkanes of at least 4 members (excludes halogenated alkanes) is 2. The molecule has 0 spiro atoms. The molecule has 2 radical (unpaired) electrons. The van der Waals surface area contributed by atoms with Crippen LogP contribution in [0.3, 0.4) is 0 Å². The van der Waals surface area contributed by atoms with Gasteiger partial charge in [-0.15, -0.1) is 11.3 Å². The van der Waals surface area contributed by atoms with E-state index in [1.165, 1.54) is 22.6 Å². The minimum Gasteiger partial charge on any atom is -0.393 e. The van der Waals surface area contributed by atoms with E-state index in [-0.39, 0.29) is 23.8 Å². The summed E-state index contributed by atoms with van der Waals surface area (Å²) < 4.78 is 1.15. The van der Waals surface area contributed by atoms with Crippen LogP contribution >= 0.6 is 27.3 Å². The van der Waals surface area contributed by atoms with Gasteiger partial charge in [-0.3, -0.25) is 0 Å². The Morgan fingerprint density at radius 3 is 2.85 bits per heavy atom. The van der Waals surface area contributed by atoms with Gasteiger partial charge in [0.05, 0.1) is 20.1 Å². The van der Waals surface area contributed by atoms with Gasteiger partial charge in [-0.05, 0) is 72.9 Å². The summed E-state index contributed by atoms with van der Waals surface area (Å²) in [6, 6.07) is 2.14. The molecule has 1 aromatic heterocycles. The number of hydrogen-bond donors (Lipinski definition) is 2. The van der Waals surface area contributed by atoms with Crippen molar-refractivity contribution in [3.05, 3.63) is 44.6 Å². The lowest BCUT2D eigenvalue weighted by Crippen LogP contribution is -2.18. The Labute approximate surface area is 178 Å². The molecule has 0 amide bonds. The summed E-state index contributed by atoms with van der Waals surface area (Å²) >= 11 is 5.32. The van der Waals surface area contributed by atoms with E-state index in [2.05, 4.69) is 48.0 Å². The summed E-state index contributed by atoms with van der Waals surface area (Å²) in [4.78, 5) is 2.56. The molecular weight excluding hydrogens is 419 g/mol. The summed E-state index contributed by atoms with van der Waals surface area (Å²) in [7, 11) is 6.26. The number of thiophene rings is 1. The molecule has 0 saturated heterocycles. The molecule has 27 heavy (non-hydrogen) atoms. The summed E-state index contributed by atoms with van der Waals surface area (Å²) in [5.41, 5.74) is 0. The molecule has 1 saturated carbocycles. The van der Waals surface area contributed by atoms with E-state index in [1.54, 1.807) is 11.3 Å². The minimum atomic E-state index is -0.475. The fourth-order valence-corrected chi connectivity index (χ4v) is 5.38. The largest absolute Gasteiger partial charge is 0.393 e. The van der Waals surface area contributed by atoms with E-state index in [0.717, 1.165) is 23.7 Å². The van der Waals surface area contributed by atoms with E-state index in [9.17, 15) is 10.2 Å². The second-order valence-electron chi connectivity index (χ2n) is 7.67. The molecule has 3 unspecified atom stereocenters. The topological polar surface area (TPSA) is 40.5 Å². The van der Waals surface area contributed by atoms with Gasteiger partial charge in [0.1, 0.15) is 0 Å².